The number of carbonyl (C=O) groups is 1. The molecule has 32 heavy (non-hydrogen) atoms. The van der Waals surface area contributed by atoms with E-state index < -0.39 is 0 Å². The summed E-state index contributed by atoms with van der Waals surface area (Å²) in [5, 5.41) is 0. The van der Waals surface area contributed by atoms with E-state index in [0.717, 1.165) is 39.1 Å². The molecule has 0 aromatic heterocycles. The molecule has 1 aliphatic heterocycles. The molecule has 1 heterocycles. The van der Waals surface area contributed by atoms with Gasteiger partial charge in [-0.3, -0.25) is 9.69 Å². The van der Waals surface area contributed by atoms with Gasteiger partial charge in [0.2, 0.25) is 0 Å². The summed E-state index contributed by atoms with van der Waals surface area (Å²) >= 11 is 0. The summed E-state index contributed by atoms with van der Waals surface area (Å²) < 4.78 is 5.19. The molecule has 2 saturated carbocycles. The Hall–Kier alpha value is -1.26. The molecule has 2 unspecified atom stereocenters. The lowest BCUT2D eigenvalue weighted by Gasteiger charge is -2.46. The maximum atomic E-state index is 11.9. The van der Waals surface area contributed by atoms with Crippen molar-refractivity contribution in [3.63, 3.8) is 0 Å². The average Bonchev–Trinajstić information content (AvgIpc) is 3.46. The number of nitrogens with zero attached hydrogens (tertiary/aromatic N) is 2. The Morgan fingerprint density at radius 1 is 1.03 bits per heavy atom. The Kier molecular flexibility index (Phi) is 7.87. The zero-order chi connectivity index (χ0) is 22.2. The second-order valence-corrected chi connectivity index (χ2v) is 11.8. The van der Waals surface area contributed by atoms with Gasteiger partial charge < -0.3 is 9.64 Å². The van der Waals surface area contributed by atoms with Crippen molar-refractivity contribution in [2.75, 3.05) is 44.2 Å². The zero-order valence-corrected chi connectivity index (χ0v) is 21.5. The lowest BCUT2D eigenvalue weighted by atomic mass is 9.60. The smallest absolute Gasteiger partial charge is 0.309 e. The second-order valence-electron chi connectivity index (χ2n) is 11.8. The number of para-hydroxylation sites is 1. The second kappa shape index (κ2) is 9.93. The first-order valence-electron chi connectivity index (χ1n) is 12.4. The number of benzene rings is 1. The van der Waals surface area contributed by atoms with Gasteiger partial charge in [-0.1, -0.05) is 45.9 Å². The quantitative estimate of drug-likeness (QED) is 0.504. The van der Waals surface area contributed by atoms with Gasteiger partial charge in [0, 0.05) is 38.4 Å². The summed E-state index contributed by atoms with van der Waals surface area (Å²) in [5.41, 5.74) is 3.81. The predicted molar refractivity (Wildman–Crippen MR) is 135 cm³/mol. The van der Waals surface area contributed by atoms with Crippen molar-refractivity contribution in [3.05, 3.63) is 29.8 Å². The van der Waals surface area contributed by atoms with Gasteiger partial charge in [0.15, 0.2) is 0 Å². The minimum absolute atomic E-state index is 0. The fourth-order valence-corrected chi connectivity index (χ4v) is 6.68. The van der Waals surface area contributed by atoms with Gasteiger partial charge in [0.1, 0.15) is 0 Å². The van der Waals surface area contributed by atoms with E-state index in [1.807, 2.05) is 6.92 Å². The van der Waals surface area contributed by atoms with Crippen LogP contribution in [0.3, 0.4) is 0 Å². The topological polar surface area (TPSA) is 32.8 Å². The number of piperazine rings is 1. The van der Waals surface area contributed by atoms with Gasteiger partial charge in [-0.25, -0.2) is 0 Å². The number of hydrogen-bond donors (Lipinski definition) is 0. The van der Waals surface area contributed by atoms with Crippen LogP contribution in [0.4, 0.5) is 5.69 Å². The van der Waals surface area contributed by atoms with E-state index in [1.165, 1.54) is 24.9 Å². The van der Waals surface area contributed by atoms with Crippen LogP contribution in [0.2, 0.25) is 0 Å². The minimum Gasteiger partial charge on any atom is -0.466 e. The van der Waals surface area contributed by atoms with Crippen molar-refractivity contribution in [1.29, 1.82) is 0 Å². The molecule has 1 aromatic rings. The molecule has 2 aliphatic carbocycles. The van der Waals surface area contributed by atoms with E-state index in [4.69, 9.17) is 4.74 Å². The highest BCUT2D eigenvalue weighted by Gasteiger charge is 2.45. The monoisotopic (exact) mass is 462 g/mol. The normalized spacial score (nSPS) is 27.5. The molecule has 0 spiro atoms. The Labute approximate surface area is 201 Å². The zero-order valence-electron chi connectivity index (χ0n) is 20.7. The van der Waals surface area contributed by atoms with Gasteiger partial charge in [0.25, 0.3) is 0 Å². The molecule has 0 bridgehead atoms. The fourth-order valence-electron chi connectivity index (χ4n) is 6.68. The first-order valence-corrected chi connectivity index (χ1v) is 12.4. The van der Waals surface area contributed by atoms with Gasteiger partial charge in [-0.15, -0.1) is 12.4 Å². The van der Waals surface area contributed by atoms with Crippen LogP contribution in [0, 0.1) is 22.7 Å². The van der Waals surface area contributed by atoms with E-state index in [2.05, 4.69) is 61.8 Å². The molecule has 0 amide bonds. The number of carbonyl (C=O) groups excluding carboxylic acids is 1. The third-order valence-electron chi connectivity index (χ3n) is 7.65. The molecule has 4 rings (SSSR count). The SMILES string of the molecule is CCOC(=O)C1CC1CN1CCN(c2ccccc2C2CC(C)(C)CC(C)(C)C2)CC1.Cl. The lowest BCUT2D eigenvalue weighted by Crippen LogP contribution is -2.47. The van der Waals surface area contributed by atoms with Crippen LogP contribution in [0.25, 0.3) is 0 Å². The first-order chi connectivity index (χ1) is 14.7. The maximum absolute atomic E-state index is 11.9. The fraction of sp³-hybridized carbons (Fsp3) is 0.741. The third-order valence-corrected chi connectivity index (χ3v) is 7.65. The van der Waals surface area contributed by atoms with Crippen LogP contribution < -0.4 is 4.90 Å². The highest BCUT2D eigenvalue weighted by Crippen LogP contribution is 2.53. The molecule has 180 valence electrons. The standard InChI is InChI=1S/C27H42N2O2.ClH/c1-6-31-25(30)23-15-20(23)18-28-11-13-29(14-12-28)24-10-8-7-9-22(24)21-16-26(2,3)19-27(4,5)17-21;/h7-10,20-21,23H,6,11-19H2,1-5H3;1H. The van der Waals surface area contributed by atoms with Crippen molar-refractivity contribution < 1.29 is 9.53 Å². The predicted octanol–water partition coefficient (Wildman–Crippen LogP) is 5.75. The summed E-state index contributed by atoms with van der Waals surface area (Å²) in [5.74, 6) is 1.31. The molecular formula is C27H43ClN2O2. The summed E-state index contributed by atoms with van der Waals surface area (Å²) in [7, 11) is 0. The minimum atomic E-state index is 0. The Morgan fingerprint density at radius 3 is 2.28 bits per heavy atom. The number of anilines is 1. The van der Waals surface area contributed by atoms with E-state index in [1.54, 1.807) is 5.56 Å². The third kappa shape index (κ3) is 5.99. The molecule has 3 fully saturated rings. The van der Waals surface area contributed by atoms with Gasteiger partial charge in [0.05, 0.1) is 12.5 Å². The van der Waals surface area contributed by atoms with Crippen LogP contribution >= 0.6 is 12.4 Å². The molecule has 3 aliphatic rings. The average molecular weight is 463 g/mol. The Balaban J connectivity index is 0.00000289. The Morgan fingerprint density at radius 2 is 1.66 bits per heavy atom. The molecule has 4 nitrogen and oxygen atoms in total. The summed E-state index contributed by atoms with van der Waals surface area (Å²) in [6.45, 7) is 17.5. The first kappa shape index (κ1) is 25.4. The van der Waals surface area contributed by atoms with Crippen molar-refractivity contribution in [3.8, 4) is 0 Å². The van der Waals surface area contributed by atoms with E-state index in [-0.39, 0.29) is 24.3 Å². The van der Waals surface area contributed by atoms with Crippen LogP contribution in [-0.4, -0.2) is 50.2 Å². The molecule has 1 aromatic carbocycles. The molecule has 0 radical (unpaired) electrons. The van der Waals surface area contributed by atoms with Crippen molar-refractivity contribution in [1.82, 2.24) is 4.90 Å². The highest BCUT2D eigenvalue weighted by molar-refractivity contribution is 5.85. The number of ether oxygens (including phenoxy) is 1. The lowest BCUT2D eigenvalue weighted by molar-refractivity contribution is -0.145. The molecule has 2 atom stereocenters. The number of rotatable bonds is 6. The van der Waals surface area contributed by atoms with Gasteiger partial charge >= 0.3 is 5.97 Å². The van der Waals surface area contributed by atoms with Crippen molar-refractivity contribution >= 4 is 24.1 Å². The number of esters is 1. The summed E-state index contributed by atoms with van der Waals surface area (Å²) in [4.78, 5) is 17.1. The summed E-state index contributed by atoms with van der Waals surface area (Å²) in [6, 6.07) is 9.17. The van der Waals surface area contributed by atoms with E-state index in [9.17, 15) is 4.79 Å². The highest BCUT2D eigenvalue weighted by atomic mass is 35.5. The summed E-state index contributed by atoms with van der Waals surface area (Å²) in [6.07, 6.45) is 4.88. The number of hydrogen-bond acceptors (Lipinski definition) is 4. The molecule has 5 heteroatoms. The van der Waals surface area contributed by atoms with Crippen LogP contribution in [-0.2, 0) is 9.53 Å². The van der Waals surface area contributed by atoms with E-state index in [0.29, 0.717) is 29.3 Å². The van der Waals surface area contributed by atoms with Crippen molar-refractivity contribution in [2.24, 2.45) is 22.7 Å². The van der Waals surface area contributed by atoms with Gasteiger partial charge in [-0.2, -0.15) is 0 Å². The molecule has 0 N–H and O–H groups in total. The molecule has 1 saturated heterocycles. The van der Waals surface area contributed by atoms with Crippen LogP contribution in [0.1, 0.15) is 71.8 Å². The van der Waals surface area contributed by atoms with Crippen LogP contribution in [0.15, 0.2) is 24.3 Å². The van der Waals surface area contributed by atoms with Crippen LogP contribution in [0.5, 0.6) is 0 Å². The van der Waals surface area contributed by atoms with Crippen molar-refractivity contribution in [2.45, 2.75) is 66.2 Å². The van der Waals surface area contributed by atoms with E-state index >= 15 is 0 Å². The largest absolute Gasteiger partial charge is 0.466 e. The molecular weight excluding hydrogens is 420 g/mol. The Bertz CT molecular complexity index is 770. The van der Waals surface area contributed by atoms with Gasteiger partial charge in [-0.05, 0) is 66.9 Å². The maximum Gasteiger partial charge on any atom is 0.309 e. The number of halogens is 1.